The summed E-state index contributed by atoms with van der Waals surface area (Å²) in [5.74, 6) is -1.63. The predicted molar refractivity (Wildman–Crippen MR) is 117 cm³/mol. The molecule has 0 aromatic heterocycles. The second-order valence-corrected chi connectivity index (χ2v) is 6.91. The van der Waals surface area contributed by atoms with Gasteiger partial charge in [0.25, 0.3) is 0 Å². The molecule has 5 heteroatoms. The van der Waals surface area contributed by atoms with Crippen LogP contribution in [-0.2, 0) is 0 Å². The Labute approximate surface area is 179 Å². The standard InChI is InChI=1S/C26H21F3O2/c1-17(2)4-5-18(3)20-8-12-25(23(28)14-20)30-16-31-26-13-9-21(15-24(26)29)19-6-10-22(27)11-7-19/h4-15H,1,3,16H2,2H3. The van der Waals surface area contributed by atoms with E-state index in [4.69, 9.17) is 9.47 Å². The van der Waals surface area contributed by atoms with Crippen LogP contribution >= 0.6 is 0 Å². The van der Waals surface area contributed by atoms with Crippen LogP contribution in [0, 0.1) is 17.5 Å². The zero-order chi connectivity index (χ0) is 22.4. The van der Waals surface area contributed by atoms with E-state index in [0.717, 1.165) is 5.57 Å². The number of rotatable bonds is 8. The summed E-state index contributed by atoms with van der Waals surface area (Å²) >= 11 is 0. The van der Waals surface area contributed by atoms with Gasteiger partial charge in [0.2, 0.25) is 6.79 Å². The Balaban J connectivity index is 1.61. The van der Waals surface area contributed by atoms with Crippen LogP contribution in [0.1, 0.15) is 12.5 Å². The minimum atomic E-state index is -0.609. The summed E-state index contributed by atoms with van der Waals surface area (Å²) in [5, 5.41) is 0. The van der Waals surface area contributed by atoms with Crippen LogP contribution in [0.15, 0.2) is 91.5 Å². The van der Waals surface area contributed by atoms with Crippen LogP contribution in [0.3, 0.4) is 0 Å². The van der Waals surface area contributed by atoms with Crippen molar-refractivity contribution in [2.45, 2.75) is 6.92 Å². The van der Waals surface area contributed by atoms with E-state index in [1.54, 1.807) is 36.4 Å². The average molecular weight is 422 g/mol. The molecule has 0 aliphatic heterocycles. The molecule has 2 nitrogen and oxygen atoms in total. The van der Waals surface area contributed by atoms with Crippen molar-refractivity contribution < 1.29 is 22.6 Å². The maximum Gasteiger partial charge on any atom is 0.231 e. The van der Waals surface area contributed by atoms with E-state index < -0.39 is 11.6 Å². The second kappa shape index (κ2) is 9.85. The Bertz CT molecular complexity index is 1130. The molecule has 0 heterocycles. The molecule has 0 saturated carbocycles. The Morgan fingerprint density at radius 1 is 0.774 bits per heavy atom. The van der Waals surface area contributed by atoms with E-state index in [9.17, 15) is 13.2 Å². The lowest BCUT2D eigenvalue weighted by Crippen LogP contribution is -2.08. The molecule has 31 heavy (non-hydrogen) atoms. The summed E-state index contributed by atoms with van der Waals surface area (Å²) in [5.41, 5.74) is 3.34. The highest BCUT2D eigenvalue weighted by molar-refractivity contribution is 5.72. The molecule has 0 spiro atoms. The fourth-order valence-corrected chi connectivity index (χ4v) is 2.75. The molecule has 0 N–H and O–H groups in total. The number of benzene rings is 3. The Morgan fingerprint density at radius 3 is 1.94 bits per heavy atom. The van der Waals surface area contributed by atoms with Crippen molar-refractivity contribution in [1.82, 2.24) is 0 Å². The molecule has 0 saturated heterocycles. The van der Waals surface area contributed by atoms with Crippen LogP contribution in [-0.4, -0.2) is 6.79 Å². The van der Waals surface area contributed by atoms with Gasteiger partial charge in [0.15, 0.2) is 23.1 Å². The van der Waals surface area contributed by atoms with Crippen molar-refractivity contribution in [1.29, 1.82) is 0 Å². The van der Waals surface area contributed by atoms with Crippen molar-refractivity contribution in [3.8, 4) is 22.6 Å². The molecular weight excluding hydrogens is 401 g/mol. The van der Waals surface area contributed by atoms with Gasteiger partial charge in [0.05, 0.1) is 0 Å². The highest BCUT2D eigenvalue weighted by atomic mass is 19.1. The quantitative estimate of drug-likeness (QED) is 0.279. The van der Waals surface area contributed by atoms with Crippen molar-refractivity contribution in [3.63, 3.8) is 0 Å². The van der Waals surface area contributed by atoms with Crippen LogP contribution < -0.4 is 9.47 Å². The molecule has 0 atom stereocenters. The highest BCUT2D eigenvalue weighted by Crippen LogP contribution is 2.27. The summed E-state index contributed by atoms with van der Waals surface area (Å²) in [4.78, 5) is 0. The van der Waals surface area contributed by atoms with Gasteiger partial charge in [-0.2, -0.15) is 0 Å². The van der Waals surface area contributed by atoms with Crippen LogP contribution in [0.2, 0.25) is 0 Å². The zero-order valence-corrected chi connectivity index (χ0v) is 17.0. The van der Waals surface area contributed by atoms with Gasteiger partial charge in [-0.3, -0.25) is 0 Å². The number of halogens is 3. The van der Waals surface area contributed by atoms with Crippen LogP contribution in [0.5, 0.6) is 11.5 Å². The highest BCUT2D eigenvalue weighted by Gasteiger charge is 2.09. The zero-order valence-electron chi connectivity index (χ0n) is 17.0. The number of allylic oxidation sites excluding steroid dienone is 4. The maximum atomic E-state index is 14.3. The molecule has 0 amide bonds. The van der Waals surface area contributed by atoms with Crippen molar-refractivity contribution >= 4 is 5.57 Å². The molecule has 0 fully saturated rings. The Morgan fingerprint density at radius 2 is 1.35 bits per heavy atom. The van der Waals surface area contributed by atoms with Gasteiger partial charge in [-0.15, -0.1) is 0 Å². The smallest absolute Gasteiger partial charge is 0.231 e. The van der Waals surface area contributed by atoms with E-state index in [-0.39, 0.29) is 24.1 Å². The van der Waals surface area contributed by atoms with Crippen molar-refractivity contribution in [2.75, 3.05) is 6.79 Å². The SMILES string of the molecule is C=C(C)C=CC(=C)c1ccc(OCOc2ccc(-c3ccc(F)cc3)cc2F)c(F)c1. The molecule has 3 aromatic carbocycles. The second-order valence-electron chi connectivity index (χ2n) is 6.91. The first kappa shape index (κ1) is 22.0. The lowest BCUT2D eigenvalue weighted by molar-refractivity contribution is 0.111. The van der Waals surface area contributed by atoms with Gasteiger partial charge in [-0.05, 0) is 65.6 Å². The van der Waals surface area contributed by atoms with E-state index in [1.807, 2.05) is 6.92 Å². The monoisotopic (exact) mass is 422 g/mol. The molecule has 0 aliphatic rings. The maximum absolute atomic E-state index is 14.3. The Hall–Kier alpha value is -3.73. The topological polar surface area (TPSA) is 18.5 Å². The summed E-state index contributed by atoms with van der Waals surface area (Å²) in [6.07, 6.45) is 3.54. The van der Waals surface area contributed by atoms with Gasteiger partial charge in [0, 0.05) is 0 Å². The third kappa shape index (κ3) is 5.89. The van der Waals surface area contributed by atoms with Gasteiger partial charge >= 0.3 is 0 Å². The van der Waals surface area contributed by atoms with Gasteiger partial charge in [0.1, 0.15) is 5.82 Å². The third-order valence-corrected chi connectivity index (χ3v) is 4.41. The molecule has 0 radical (unpaired) electrons. The molecule has 158 valence electrons. The summed E-state index contributed by atoms with van der Waals surface area (Å²) in [6, 6.07) is 14.5. The summed E-state index contributed by atoms with van der Waals surface area (Å²) < 4.78 is 52.3. The molecule has 0 unspecified atom stereocenters. The van der Waals surface area contributed by atoms with E-state index in [1.165, 1.54) is 36.4 Å². The molecule has 0 bridgehead atoms. The normalized spacial score (nSPS) is 10.8. The Kier molecular flexibility index (Phi) is 6.98. The van der Waals surface area contributed by atoms with Gasteiger partial charge < -0.3 is 9.47 Å². The number of ether oxygens (including phenoxy) is 2. The van der Waals surface area contributed by atoms with Gasteiger partial charge in [-0.25, -0.2) is 13.2 Å². The first-order valence-electron chi connectivity index (χ1n) is 9.47. The minimum Gasteiger partial charge on any atom is -0.454 e. The minimum absolute atomic E-state index is 0.0243. The lowest BCUT2D eigenvalue weighted by Gasteiger charge is -2.12. The number of hydrogen-bond acceptors (Lipinski definition) is 2. The summed E-state index contributed by atoms with van der Waals surface area (Å²) in [6.45, 7) is 9.13. The predicted octanol–water partition coefficient (Wildman–Crippen LogP) is 7.33. The van der Waals surface area contributed by atoms with E-state index >= 15 is 0 Å². The molecular formula is C26H21F3O2. The van der Waals surface area contributed by atoms with Crippen LogP contribution in [0.25, 0.3) is 16.7 Å². The summed E-state index contributed by atoms with van der Waals surface area (Å²) in [7, 11) is 0. The largest absolute Gasteiger partial charge is 0.454 e. The molecule has 3 rings (SSSR count). The third-order valence-electron chi connectivity index (χ3n) is 4.41. The number of hydrogen-bond donors (Lipinski definition) is 0. The first-order valence-corrected chi connectivity index (χ1v) is 9.47. The van der Waals surface area contributed by atoms with Crippen LogP contribution in [0.4, 0.5) is 13.2 Å². The van der Waals surface area contributed by atoms with Crippen molar-refractivity contribution in [3.05, 3.63) is 115 Å². The van der Waals surface area contributed by atoms with E-state index in [2.05, 4.69) is 13.2 Å². The van der Waals surface area contributed by atoms with Gasteiger partial charge in [-0.1, -0.05) is 55.1 Å². The van der Waals surface area contributed by atoms with Crippen molar-refractivity contribution in [2.24, 2.45) is 0 Å². The fourth-order valence-electron chi connectivity index (χ4n) is 2.75. The van der Waals surface area contributed by atoms with E-state index in [0.29, 0.717) is 22.3 Å². The molecule has 0 aliphatic carbocycles. The lowest BCUT2D eigenvalue weighted by atomic mass is 10.1. The molecule has 3 aromatic rings. The fraction of sp³-hybridized carbons (Fsp3) is 0.0769. The first-order chi connectivity index (χ1) is 14.8. The average Bonchev–Trinajstić information content (AvgIpc) is 2.74.